The van der Waals surface area contributed by atoms with Crippen LogP contribution in [0.5, 0.6) is 5.75 Å². The highest BCUT2D eigenvalue weighted by molar-refractivity contribution is 8.01. The van der Waals surface area contributed by atoms with Crippen LogP contribution in [-0.4, -0.2) is 66.7 Å². The summed E-state index contributed by atoms with van der Waals surface area (Å²) in [6.07, 6.45) is 0.190. The Balaban J connectivity index is 1.37. The summed E-state index contributed by atoms with van der Waals surface area (Å²) >= 11 is 1.64. The van der Waals surface area contributed by atoms with Gasteiger partial charge in [-0.05, 0) is 31.5 Å². The number of tetrazole rings is 1. The number of rotatable bonds is 7. The van der Waals surface area contributed by atoms with Gasteiger partial charge in [0.2, 0.25) is 11.8 Å². The molecule has 10 nitrogen and oxygen atoms in total. The summed E-state index contributed by atoms with van der Waals surface area (Å²) in [4.78, 5) is 27.0. The molecule has 2 aromatic rings. The van der Waals surface area contributed by atoms with E-state index in [-0.39, 0.29) is 34.4 Å². The molecule has 154 valence electrons. The Morgan fingerprint density at radius 1 is 1.38 bits per heavy atom. The van der Waals surface area contributed by atoms with Crippen molar-refractivity contribution in [2.75, 3.05) is 13.2 Å². The van der Waals surface area contributed by atoms with Gasteiger partial charge in [0.25, 0.3) is 0 Å². The van der Waals surface area contributed by atoms with Gasteiger partial charge >= 0.3 is 0 Å². The Labute approximate surface area is 171 Å². The number of nitrogens with two attached hydrogens (primary N) is 1. The lowest BCUT2D eigenvalue weighted by molar-refractivity contribution is -0.151. The average Bonchev–Trinajstić information content (AvgIpc) is 3.30. The lowest BCUT2D eigenvalue weighted by Gasteiger charge is -2.44. The normalized spacial score (nSPS) is 24.7. The van der Waals surface area contributed by atoms with Crippen molar-refractivity contribution < 1.29 is 14.3 Å². The predicted octanol–water partition coefficient (Wildman–Crippen LogP) is -0.000500. The highest BCUT2D eigenvalue weighted by atomic mass is 32.2. The van der Waals surface area contributed by atoms with Crippen LogP contribution in [0, 0.1) is 0 Å². The van der Waals surface area contributed by atoms with Gasteiger partial charge in [-0.15, -0.1) is 22.0 Å². The zero-order valence-corrected chi connectivity index (χ0v) is 17.0. The Morgan fingerprint density at radius 2 is 2.14 bits per heavy atom. The number of ether oxygens (including phenoxy) is 1. The topological polar surface area (TPSA) is 139 Å². The number of benzene rings is 1. The van der Waals surface area contributed by atoms with Crippen molar-refractivity contribution in [3.8, 4) is 5.75 Å². The minimum atomic E-state index is -0.546. The third kappa shape index (κ3) is 3.67. The first-order chi connectivity index (χ1) is 13.9. The second kappa shape index (κ2) is 7.64. The van der Waals surface area contributed by atoms with Gasteiger partial charge in [0, 0.05) is 11.3 Å². The van der Waals surface area contributed by atoms with Crippen LogP contribution in [-0.2, 0) is 16.0 Å². The molecular weight excluding hydrogens is 394 g/mol. The molecule has 2 aliphatic rings. The van der Waals surface area contributed by atoms with Crippen LogP contribution in [0.25, 0.3) is 0 Å². The van der Waals surface area contributed by atoms with Crippen molar-refractivity contribution in [1.82, 2.24) is 30.8 Å². The van der Waals surface area contributed by atoms with Crippen LogP contribution in [0.1, 0.15) is 31.3 Å². The minimum Gasteiger partial charge on any atom is -0.492 e. The summed E-state index contributed by atoms with van der Waals surface area (Å²) in [5.41, 5.74) is 6.26. The summed E-state index contributed by atoms with van der Waals surface area (Å²) in [7, 11) is 0. The van der Waals surface area contributed by atoms with Crippen molar-refractivity contribution in [2.24, 2.45) is 5.73 Å². The van der Waals surface area contributed by atoms with Crippen LogP contribution in [0.3, 0.4) is 0 Å². The molecule has 0 aliphatic carbocycles. The van der Waals surface area contributed by atoms with E-state index in [4.69, 9.17) is 10.5 Å². The third-order valence-corrected chi connectivity index (χ3v) is 6.61. The maximum atomic E-state index is 12.8. The van der Waals surface area contributed by atoms with E-state index in [1.165, 1.54) is 0 Å². The zero-order valence-electron chi connectivity index (χ0n) is 16.2. The van der Waals surface area contributed by atoms with E-state index in [1.54, 1.807) is 28.8 Å². The molecule has 3 heterocycles. The van der Waals surface area contributed by atoms with E-state index in [2.05, 4.69) is 25.9 Å². The molecule has 1 aromatic heterocycles. The summed E-state index contributed by atoms with van der Waals surface area (Å²) in [5, 5.41) is 16.9. The SMILES string of the molecule is CC1(C)SC2C(NC(=O)Cc3ccc(OCCN)cc3)C(=O)N2C1c1nn[nH]n1. The number of β-lactam (4-membered cyclic amide) rings is 1. The summed E-state index contributed by atoms with van der Waals surface area (Å²) < 4.78 is 5.14. The number of carbonyl (C=O) groups excluding carboxylic acids is 2. The molecule has 0 saturated carbocycles. The molecule has 2 amide bonds. The molecule has 0 spiro atoms. The number of hydrogen-bond donors (Lipinski definition) is 3. The smallest absolute Gasteiger partial charge is 0.249 e. The van der Waals surface area contributed by atoms with E-state index in [1.807, 2.05) is 26.0 Å². The lowest BCUT2D eigenvalue weighted by Crippen LogP contribution is -2.68. The van der Waals surface area contributed by atoms with E-state index in [0.29, 0.717) is 24.7 Å². The summed E-state index contributed by atoms with van der Waals surface area (Å²) in [5.74, 6) is 0.878. The standard InChI is InChI=1S/C18H23N7O3S/c1-18(2)14(15-21-23-24-22-15)25-16(27)13(17(25)29-18)20-12(26)9-10-3-5-11(6-4-10)28-8-7-19/h3-6,13-14,17H,7-9,19H2,1-2H3,(H,20,26)(H,21,22,23,24). The third-order valence-electron chi connectivity index (χ3n) is 5.04. The number of aromatic nitrogens is 4. The number of thioether (sulfide) groups is 1. The lowest BCUT2D eigenvalue weighted by atomic mass is 9.95. The van der Waals surface area contributed by atoms with Gasteiger partial charge in [0.15, 0.2) is 5.82 Å². The molecule has 1 aromatic carbocycles. The zero-order chi connectivity index (χ0) is 20.6. The number of H-pyrrole nitrogens is 1. The maximum absolute atomic E-state index is 12.8. The average molecular weight is 417 g/mol. The Kier molecular flexibility index (Phi) is 5.17. The number of hydrogen-bond acceptors (Lipinski definition) is 8. The number of aromatic amines is 1. The van der Waals surface area contributed by atoms with Crippen LogP contribution in [0.4, 0.5) is 0 Å². The number of carbonyl (C=O) groups is 2. The van der Waals surface area contributed by atoms with Gasteiger partial charge in [-0.3, -0.25) is 9.59 Å². The molecule has 11 heteroatoms. The number of nitrogens with one attached hydrogen (secondary N) is 2. The van der Waals surface area contributed by atoms with Crippen LogP contribution in [0.15, 0.2) is 24.3 Å². The van der Waals surface area contributed by atoms with Crippen molar-refractivity contribution in [3.05, 3.63) is 35.7 Å². The van der Waals surface area contributed by atoms with Crippen LogP contribution in [0.2, 0.25) is 0 Å². The van der Waals surface area contributed by atoms with Crippen molar-refractivity contribution in [2.45, 2.75) is 42.5 Å². The molecule has 0 bridgehead atoms. The molecule has 4 rings (SSSR count). The van der Waals surface area contributed by atoms with E-state index < -0.39 is 6.04 Å². The van der Waals surface area contributed by atoms with E-state index in [9.17, 15) is 9.59 Å². The van der Waals surface area contributed by atoms with Gasteiger partial charge in [0.05, 0.1) is 6.42 Å². The van der Waals surface area contributed by atoms with Gasteiger partial charge in [-0.25, -0.2) is 0 Å². The van der Waals surface area contributed by atoms with Crippen molar-refractivity contribution >= 4 is 23.6 Å². The molecule has 4 N–H and O–H groups in total. The molecule has 2 aliphatic heterocycles. The Bertz CT molecular complexity index is 887. The van der Waals surface area contributed by atoms with Gasteiger partial charge in [0.1, 0.15) is 29.8 Å². The fourth-order valence-electron chi connectivity index (χ4n) is 3.74. The Hall–Kier alpha value is -2.66. The summed E-state index contributed by atoms with van der Waals surface area (Å²) in [6, 6.07) is 6.45. The molecular formula is C18H23N7O3S. The molecule has 3 unspecified atom stereocenters. The van der Waals surface area contributed by atoms with Gasteiger partial charge in [-0.1, -0.05) is 17.3 Å². The largest absolute Gasteiger partial charge is 0.492 e. The predicted molar refractivity (Wildman–Crippen MR) is 106 cm³/mol. The first-order valence-corrected chi connectivity index (χ1v) is 10.2. The second-order valence-corrected chi connectivity index (χ2v) is 9.30. The maximum Gasteiger partial charge on any atom is 0.249 e. The van der Waals surface area contributed by atoms with Gasteiger partial charge < -0.3 is 20.7 Å². The molecule has 3 atom stereocenters. The molecule has 29 heavy (non-hydrogen) atoms. The van der Waals surface area contributed by atoms with Crippen LogP contribution >= 0.6 is 11.8 Å². The van der Waals surface area contributed by atoms with E-state index >= 15 is 0 Å². The van der Waals surface area contributed by atoms with Gasteiger partial charge in [-0.2, -0.15) is 5.21 Å². The highest BCUT2D eigenvalue weighted by Gasteiger charge is 2.63. The highest BCUT2D eigenvalue weighted by Crippen LogP contribution is 2.56. The number of nitrogens with zero attached hydrogens (tertiary/aromatic N) is 4. The van der Waals surface area contributed by atoms with E-state index in [0.717, 1.165) is 5.56 Å². The number of amides is 2. The Morgan fingerprint density at radius 3 is 2.79 bits per heavy atom. The van der Waals surface area contributed by atoms with Crippen molar-refractivity contribution in [1.29, 1.82) is 0 Å². The fraction of sp³-hybridized carbons (Fsp3) is 0.500. The fourth-order valence-corrected chi connectivity index (χ4v) is 5.37. The molecule has 0 radical (unpaired) electrons. The molecule has 2 fully saturated rings. The first-order valence-electron chi connectivity index (χ1n) is 9.35. The number of fused-ring (bicyclic) bond motifs is 1. The second-order valence-electron chi connectivity index (χ2n) is 7.53. The monoisotopic (exact) mass is 417 g/mol. The first kappa shape index (κ1) is 19.6. The minimum absolute atomic E-state index is 0.123. The molecule has 2 saturated heterocycles. The summed E-state index contributed by atoms with van der Waals surface area (Å²) in [6.45, 7) is 4.97. The van der Waals surface area contributed by atoms with Crippen molar-refractivity contribution in [3.63, 3.8) is 0 Å². The quantitative estimate of drug-likeness (QED) is 0.535. The van der Waals surface area contributed by atoms with Crippen LogP contribution < -0.4 is 15.8 Å².